The van der Waals surface area contributed by atoms with Gasteiger partial charge in [-0.2, -0.15) is 5.10 Å². The molecule has 0 unspecified atom stereocenters. The zero-order valence-corrected chi connectivity index (χ0v) is 12.3. The third-order valence-electron chi connectivity index (χ3n) is 3.37. The third-order valence-corrected chi connectivity index (χ3v) is 3.97. The highest BCUT2D eigenvalue weighted by atomic mass is 35.5. The summed E-state index contributed by atoms with van der Waals surface area (Å²) < 4.78 is 0. The molecule has 1 aliphatic carbocycles. The van der Waals surface area contributed by atoms with Gasteiger partial charge >= 0.3 is 0 Å². The van der Waals surface area contributed by atoms with Crippen LogP contribution in [0, 0.1) is 0 Å². The highest BCUT2D eigenvalue weighted by Crippen LogP contribution is 2.38. The molecule has 0 aliphatic heterocycles. The minimum Gasteiger partial charge on any atom is -0.399 e. The second kappa shape index (κ2) is 5.16. The number of nitrogens with two attached hydrogens (primary N) is 1. The minimum absolute atomic E-state index is 0.116. The first-order valence-corrected chi connectivity index (χ1v) is 7.12. The lowest BCUT2D eigenvalue weighted by Crippen LogP contribution is -2.18. The minimum atomic E-state index is -0.442. The number of hydrogen-bond acceptors (Lipinski definition) is 4. The summed E-state index contributed by atoms with van der Waals surface area (Å²) >= 11 is 12.1. The standard InChI is InChI=1S/C14H11Cl2N3O2/c15-9-3-7(17)4-10(16)12(9)13(20)11-5-8(6-1-2-6)14(21)19-18-11/h3-6H,1-2,17H2,(H,19,21). The van der Waals surface area contributed by atoms with Crippen molar-refractivity contribution in [3.63, 3.8) is 0 Å². The van der Waals surface area contributed by atoms with Crippen LogP contribution >= 0.6 is 23.2 Å². The molecule has 1 aromatic heterocycles. The zero-order chi connectivity index (χ0) is 15.1. The first-order valence-electron chi connectivity index (χ1n) is 6.36. The number of nitrogen functional groups attached to an aromatic ring is 1. The van der Waals surface area contributed by atoms with Crippen molar-refractivity contribution in [2.75, 3.05) is 5.73 Å². The highest BCUT2D eigenvalue weighted by molar-refractivity contribution is 6.41. The largest absolute Gasteiger partial charge is 0.399 e. The second-order valence-corrected chi connectivity index (χ2v) is 5.81. The molecule has 1 heterocycles. The summed E-state index contributed by atoms with van der Waals surface area (Å²) in [7, 11) is 0. The van der Waals surface area contributed by atoms with E-state index in [-0.39, 0.29) is 32.8 Å². The Bertz CT molecular complexity index is 774. The quantitative estimate of drug-likeness (QED) is 0.671. The average Bonchev–Trinajstić information content (AvgIpc) is 3.22. The maximum absolute atomic E-state index is 12.5. The Balaban J connectivity index is 2.07. The molecule has 0 radical (unpaired) electrons. The summed E-state index contributed by atoms with van der Waals surface area (Å²) in [4.78, 5) is 24.2. The molecule has 0 spiro atoms. The molecule has 5 nitrogen and oxygen atoms in total. The van der Waals surface area contributed by atoms with Gasteiger partial charge in [-0.1, -0.05) is 23.2 Å². The molecular weight excluding hydrogens is 313 g/mol. The van der Waals surface area contributed by atoms with Crippen molar-refractivity contribution in [3.8, 4) is 0 Å². The Morgan fingerprint density at radius 1 is 1.24 bits per heavy atom. The van der Waals surface area contributed by atoms with Gasteiger partial charge in [-0.05, 0) is 37.0 Å². The van der Waals surface area contributed by atoms with Gasteiger partial charge in [0.05, 0.1) is 15.6 Å². The second-order valence-electron chi connectivity index (χ2n) is 5.00. The van der Waals surface area contributed by atoms with E-state index in [0.29, 0.717) is 11.3 Å². The summed E-state index contributed by atoms with van der Waals surface area (Å²) in [5.74, 6) is -0.233. The van der Waals surface area contributed by atoms with Crippen molar-refractivity contribution in [1.82, 2.24) is 10.2 Å². The predicted octanol–water partition coefficient (Wildman–Crippen LogP) is 2.77. The number of carbonyl (C=O) groups is 1. The Morgan fingerprint density at radius 3 is 2.43 bits per heavy atom. The van der Waals surface area contributed by atoms with E-state index in [2.05, 4.69) is 10.2 Å². The fourth-order valence-corrected chi connectivity index (χ4v) is 2.85. The van der Waals surface area contributed by atoms with Gasteiger partial charge in [0.25, 0.3) is 5.56 Å². The van der Waals surface area contributed by atoms with Crippen molar-refractivity contribution in [2.24, 2.45) is 0 Å². The van der Waals surface area contributed by atoms with Crippen LogP contribution in [0.5, 0.6) is 0 Å². The van der Waals surface area contributed by atoms with Crippen LogP contribution in [-0.2, 0) is 0 Å². The Labute approximate surface area is 130 Å². The van der Waals surface area contributed by atoms with E-state index >= 15 is 0 Å². The van der Waals surface area contributed by atoms with Crippen molar-refractivity contribution in [1.29, 1.82) is 0 Å². The maximum atomic E-state index is 12.5. The fourth-order valence-electron chi connectivity index (χ4n) is 2.17. The SMILES string of the molecule is Nc1cc(Cl)c(C(=O)c2cc(C3CC3)c(=O)[nH]n2)c(Cl)c1. The Morgan fingerprint density at radius 2 is 1.86 bits per heavy atom. The third kappa shape index (κ3) is 2.66. The van der Waals surface area contributed by atoms with E-state index in [4.69, 9.17) is 28.9 Å². The number of ketones is 1. The number of aromatic nitrogens is 2. The highest BCUT2D eigenvalue weighted by Gasteiger charge is 2.28. The lowest BCUT2D eigenvalue weighted by Gasteiger charge is -2.07. The first-order chi connectivity index (χ1) is 9.97. The maximum Gasteiger partial charge on any atom is 0.267 e. The lowest BCUT2D eigenvalue weighted by molar-refractivity contribution is 0.103. The molecule has 1 aromatic carbocycles. The number of carbonyl (C=O) groups excluding carboxylic acids is 1. The van der Waals surface area contributed by atoms with Crippen LogP contribution in [0.4, 0.5) is 5.69 Å². The van der Waals surface area contributed by atoms with Crippen molar-refractivity contribution in [3.05, 3.63) is 55.4 Å². The molecule has 1 aliphatic rings. The van der Waals surface area contributed by atoms with Crippen molar-refractivity contribution in [2.45, 2.75) is 18.8 Å². The average molecular weight is 324 g/mol. The molecule has 3 N–H and O–H groups in total. The smallest absolute Gasteiger partial charge is 0.267 e. The van der Waals surface area contributed by atoms with Gasteiger partial charge in [0, 0.05) is 11.3 Å². The van der Waals surface area contributed by atoms with Crippen molar-refractivity contribution < 1.29 is 4.79 Å². The fraction of sp³-hybridized carbons (Fsp3) is 0.214. The number of rotatable bonds is 3. The molecule has 108 valence electrons. The van der Waals surface area contributed by atoms with Gasteiger partial charge in [-0.15, -0.1) is 0 Å². The van der Waals surface area contributed by atoms with Crippen LogP contribution in [0.3, 0.4) is 0 Å². The van der Waals surface area contributed by atoms with Crippen LogP contribution in [0.25, 0.3) is 0 Å². The number of nitrogens with one attached hydrogen (secondary N) is 1. The Kier molecular flexibility index (Phi) is 3.47. The van der Waals surface area contributed by atoms with Gasteiger partial charge < -0.3 is 5.73 Å². The van der Waals surface area contributed by atoms with Gasteiger partial charge in [-0.25, -0.2) is 5.10 Å². The van der Waals surface area contributed by atoms with E-state index in [0.717, 1.165) is 12.8 Å². The van der Waals surface area contributed by atoms with Crippen LogP contribution in [0.15, 0.2) is 23.0 Å². The van der Waals surface area contributed by atoms with Crippen LogP contribution in [0.2, 0.25) is 10.0 Å². The number of halogens is 2. The molecule has 0 saturated heterocycles. The monoisotopic (exact) mass is 323 g/mol. The topological polar surface area (TPSA) is 88.8 Å². The van der Waals surface area contributed by atoms with Gasteiger partial charge in [-0.3, -0.25) is 9.59 Å². The lowest BCUT2D eigenvalue weighted by atomic mass is 10.1. The van der Waals surface area contributed by atoms with E-state index in [9.17, 15) is 9.59 Å². The molecule has 0 bridgehead atoms. The summed E-state index contributed by atoms with van der Waals surface area (Å²) in [5, 5.41) is 6.46. The van der Waals surface area contributed by atoms with E-state index in [1.807, 2.05) is 0 Å². The van der Waals surface area contributed by atoms with Gasteiger partial charge in [0.15, 0.2) is 0 Å². The molecule has 7 heteroatoms. The molecule has 1 fully saturated rings. The van der Waals surface area contributed by atoms with Crippen LogP contribution in [0.1, 0.15) is 40.4 Å². The molecular formula is C14H11Cl2N3O2. The zero-order valence-electron chi connectivity index (χ0n) is 10.8. The Hall–Kier alpha value is -1.85. The summed E-state index contributed by atoms with van der Waals surface area (Å²) in [6.45, 7) is 0. The predicted molar refractivity (Wildman–Crippen MR) is 81.1 cm³/mol. The van der Waals surface area contributed by atoms with Gasteiger partial charge in [0.1, 0.15) is 5.69 Å². The first kappa shape index (κ1) is 14.1. The van der Waals surface area contributed by atoms with E-state index < -0.39 is 5.78 Å². The van der Waals surface area contributed by atoms with Gasteiger partial charge in [0.2, 0.25) is 5.78 Å². The number of benzene rings is 1. The van der Waals surface area contributed by atoms with Crippen molar-refractivity contribution >= 4 is 34.7 Å². The summed E-state index contributed by atoms with van der Waals surface area (Å²) in [5.41, 5.74) is 6.55. The molecule has 0 amide bonds. The van der Waals surface area contributed by atoms with E-state index in [1.165, 1.54) is 18.2 Å². The normalized spacial score (nSPS) is 14.2. The number of H-pyrrole nitrogens is 1. The summed E-state index contributed by atoms with van der Waals surface area (Å²) in [6.07, 6.45) is 1.90. The number of nitrogens with zero attached hydrogens (tertiary/aromatic N) is 1. The number of aromatic amines is 1. The molecule has 1 saturated carbocycles. The molecule has 3 rings (SSSR count). The summed E-state index contributed by atoms with van der Waals surface area (Å²) in [6, 6.07) is 4.42. The van der Waals surface area contributed by atoms with Crippen LogP contribution in [-0.4, -0.2) is 16.0 Å². The van der Waals surface area contributed by atoms with E-state index in [1.54, 1.807) is 0 Å². The number of anilines is 1. The molecule has 2 aromatic rings. The molecule has 21 heavy (non-hydrogen) atoms. The van der Waals surface area contributed by atoms with Crippen LogP contribution < -0.4 is 11.3 Å². The molecule has 0 atom stereocenters. The number of hydrogen-bond donors (Lipinski definition) is 2.